The van der Waals surface area contributed by atoms with E-state index in [1.165, 1.54) is 19.2 Å². The molecule has 0 aliphatic carbocycles. The van der Waals surface area contributed by atoms with E-state index in [1.807, 2.05) is 18.2 Å². The molecule has 4 aromatic rings. The summed E-state index contributed by atoms with van der Waals surface area (Å²) in [6.07, 6.45) is 0. The van der Waals surface area contributed by atoms with Crippen molar-refractivity contribution >= 4 is 27.3 Å². The fraction of sp³-hybridized carbons (Fsp3) is 0.0741. The van der Waals surface area contributed by atoms with E-state index in [9.17, 15) is 13.2 Å². The molecule has 7 nitrogen and oxygen atoms in total. The number of hydrogen-bond donors (Lipinski definition) is 1. The lowest BCUT2D eigenvalue weighted by Gasteiger charge is -2.24. The SMILES string of the molecule is COc1ccc(S(=O)(=O)N(CC(=O)Nc2ccccc2Oc2ccccc2)c2ccccc2)cc1. The van der Waals surface area contributed by atoms with Crippen LogP contribution in [0.3, 0.4) is 0 Å². The molecule has 0 unspecified atom stereocenters. The molecule has 4 rings (SSSR count). The van der Waals surface area contributed by atoms with Gasteiger partial charge in [-0.05, 0) is 60.7 Å². The summed E-state index contributed by atoms with van der Waals surface area (Å²) in [6, 6.07) is 30.7. The highest BCUT2D eigenvalue weighted by atomic mass is 32.2. The second kappa shape index (κ2) is 10.8. The van der Waals surface area contributed by atoms with E-state index in [-0.39, 0.29) is 4.90 Å². The van der Waals surface area contributed by atoms with Crippen molar-refractivity contribution in [3.63, 3.8) is 0 Å². The van der Waals surface area contributed by atoms with Crippen molar-refractivity contribution < 1.29 is 22.7 Å². The van der Waals surface area contributed by atoms with Gasteiger partial charge in [-0.25, -0.2) is 8.42 Å². The predicted octanol–water partition coefficient (Wildman–Crippen LogP) is 5.32. The van der Waals surface area contributed by atoms with Gasteiger partial charge in [0, 0.05) is 0 Å². The zero-order valence-corrected chi connectivity index (χ0v) is 19.8. The minimum Gasteiger partial charge on any atom is -0.497 e. The summed E-state index contributed by atoms with van der Waals surface area (Å²) in [5.41, 5.74) is 0.795. The van der Waals surface area contributed by atoms with Crippen LogP contribution in [0.2, 0.25) is 0 Å². The molecule has 0 spiro atoms. The standard InChI is InChI=1S/C27H24N2O5S/c1-33-22-16-18-24(19-17-22)35(31,32)29(21-10-4-2-5-11-21)20-27(30)28-25-14-8-9-15-26(25)34-23-12-6-3-7-13-23/h2-19H,20H2,1H3,(H,28,30). The van der Waals surface area contributed by atoms with Gasteiger partial charge in [0.15, 0.2) is 5.75 Å². The number of amides is 1. The Balaban J connectivity index is 1.59. The fourth-order valence-electron chi connectivity index (χ4n) is 3.38. The predicted molar refractivity (Wildman–Crippen MR) is 136 cm³/mol. The first-order valence-electron chi connectivity index (χ1n) is 10.8. The number of hydrogen-bond acceptors (Lipinski definition) is 5. The van der Waals surface area contributed by atoms with Crippen LogP contribution in [-0.2, 0) is 14.8 Å². The smallest absolute Gasteiger partial charge is 0.264 e. The van der Waals surface area contributed by atoms with E-state index < -0.39 is 22.5 Å². The molecule has 4 aromatic carbocycles. The molecule has 1 N–H and O–H groups in total. The molecule has 178 valence electrons. The van der Waals surface area contributed by atoms with Gasteiger partial charge in [0.25, 0.3) is 10.0 Å². The summed E-state index contributed by atoms with van der Waals surface area (Å²) in [5, 5.41) is 2.78. The first-order chi connectivity index (χ1) is 17.0. The van der Waals surface area contributed by atoms with Crippen molar-refractivity contribution in [3.05, 3.63) is 109 Å². The van der Waals surface area contributed by atoms with Gasteiger partial charge in [-0.3, -0.25) is 9.10 Å². The third kappa shape index (κ3) is 5.80. The Morgan fingerprint density at radius 2 is 1.37 bits per heavy atom. The van der Waals surface area contributed by atoms with E-state index in [0.717, 1.165) is 4.31 Å². The maximum atomic E-state index is 13.5. The molecule has 0 aromatic heterocycles. The lowest BCUT2D eigenvalue weighted by Crippen LogP contribution is -2.38. The molecule has 8 heteroatoms. The average molecular weight is 489 g/mol. The van der Waals surface area contributed by atoms with Crippen molar-refractivity contribution in [3.8, 4) is 17.2 Å². The largest absolute Gasteiger partial charge is 0.497 e. The summed E-state index contributed by atoms with van der Waals surface area (Å²) < 4.78 is 39.1. The number of carbonyl (C=O) groups excluding carboxylic acids is 1. The summed E-state index contributed by atoms with van der Waals surface area (Å²) >= 11 is 0. The second-order valence-electron chi connectivity index (χ2n) is 7.48. The van der Waals surface area contributed by atoms with E-state index in [2.05, 4.69) is 5.32 Å². The molecule has 0 atom stereocenters. The van der Waals surface area contributed by atoms with Crippen molar-refractivity contribution in [1.29, 1.82) is 0 Å². The van der Waals surface area contributed by atoms with Crippen LogP contribution < -0.4 is 19.1 Å². The van der Waals surface area contributed by atoms with Gasteiger partial charge in [-0.15, -0.1) is 0 Å². The zero-order valence-electron chi connectivity index (χ0n) is 19.0. The van der Waals surface area contributed by atoms with E-state index in [4.69, 9.17) is 9.47 Å². The molecular formula is C27H24N2O5S. The van der Waals surface area contributed by atoms with Crippen LogP contribution in [0.15, 0.2) is 114 Å². The first kappa shape index (κ1) is 23.8. The number of carbonyl (C=O) groups is 1. The number of methoxy groups -OCH3 is 1. The lowest BCUT2D eigenvalue weighted by molar-refractivity contribution is -0.114. The molecule has 0 saturated carbocycles. The van der Waals surface area contributed by atoms with Crippen LogP contribution in [-0.4, -0.2) is 28.0 Å². The molecular weight excluding hydrogens is 464 g/mol. The van der Waals surface area contributed by atoms with Crippen molar-refractivity contribution in [2.24, 2.45) is 0 Å². The maximum absolute atomic E-state index is 13.5. The molecule has 0 heterocycles. The maximum Gasteiger partial charge on any atom is 0.264 e. The Morgan fingerprint density at radius 3 is 2.03 bits per heavy atom. The van der Waals surface area contributed by atoms with Crippen LogP contribution >= 0.6 is 0 Å². The molecule has 0 aliphatic rings. The third-order valence-corrected chi connectivity index (χ3v) is 6.90. The van der Waals surface area contributed by atoms with Gasteiger partial charge in [-0.2, -0.15) is 0 Å². The number of sulfonamides is 1. The van der Waals surface area contributed by atoms with Gasteiger partial charge < -0.3 is 14.8 Å². The summed E-state index contributed by atoms with van der Waals surface area (Å²) in [6.45, 7) is -0.432. The van der Waals surface area contributed by atoms with Crippen LogP contribution in [0.25, 0.3) is 0 Å². The van der Waals surface area contributed by atoms with Gasteiger partial charge in [-0.1, -0.05) is 48.5 Å². The van der Waals surface area contributed by atoms with Gasteiger partial charge in [0.05, 0.1) is 23.4 Å². The number of para-hydroxylation sites is 4. The Morgan fingerprint density at radius 1 is 0.771 bits per heavy atom. The number of nitrogens with zero attached hydrogens (tertiary/aromatic N) is 1. The molecule has 0 bridgehead atoms. The number of anilines is 2. The van der Waals surface area contributed by atoms with Gasteiger partial charge >= 0.3 is 0 Å². The van der Waals surface area contributed by atoms with E-state index in [0.29, 0.717) is 28.6 Å². The molecule has 0 aliphatic heterocycles. The number of rotatable bonds is 9. The van der Waals surface area contributed by atoms with Gasteiger partial charge in [0.1, 0.15) is 18.0 Å². The first-order valence-corrected chi connectivity index (χ1v) is 12.2. The molecule has 35 heavy (non-hydrogen) atoms. The summed E-state index contributed by atoms with van der Waals surface area (Å²) in [7, 11) is -2.54. The normalized spacial score (nSPS) is 10.9. The van der Waals surface area contributed by atoms with E-state index >= 15 is 0 Å². The molecule has 0 saturated heterocycles. The summed E-state index contributed by atoms with van der Waals surface area (Å²) in [4.78, 5) is 13.1. The summed E-state index contributed by atoms with van der Waals surface area (Å²) in [5.74, 6) is 1.07. The Bertz CT molecular complexity index is 1380. The third-order valence-electron chi connectivity index (χ3n) is 5.11. The van der Waals surface area contributed by atoms with Crippen molar-refractivity contribution in [1.82, 2.24) is 0 Å². The number of ether oxygens (including phenoxy) is 2. The highest BCUT2D eigenvalue weighted by Gasteiger charge is 2.27. The average Bonchev–Trinajstić information content (AvgIpc) is 2.89. The Kier molecular flexibility index (Phi) is 7.32. The fourth-order valence-corrected chi connectivity index (χ4v) is 4.80. The van der Waals surface area contributed by atoms with Crippen LogP contribution in [0.1, 0.15) is 0 Å². The quantitative estimate of drug-likeness (QED) is 0.345. The number of nitrogens with one attached hydrogen (secondary N) is 1. The highest BCUT2D eigenvalue weighted by molar-refractivity contribution is 7.92. The Labute approximate surface area is 204 Å². The van der Waals surface area contributed by atoms with Crippen molar-refractivity contribution in [2.75, 3.05) is 23.3 Å². The number of benzene rings is 4. The highest BCUT2D eigenvalue weighted by Crippen LogP contribution is 2.30. The monoisotopic (exact) mass is 488 g/mol. The zero-order chi connectivity index (χ0) is 24.7. The minimum absolute atomic E-state index is 0.0442. The van der Waals surface area contributed by atoms with Crippen LogP contribution in [0, 0.1) is 0 Å². The molecule has 0 fully saturated rings. The second-order valence-corrected chi connectivity index (χ2v) is 9.34. The van der Waals surface area contributed by atoms with Gasteiger partial charge in [0.2, 0.25) is 5.91 Å². The molecule has 0 radical (unpaired) electrons. The van der Waals surface area contributed by atoms with E-state index in [1.54, 1.807) is 78.9 Å². The van der Waals surface area contributed by atoms with Crippen molar-refractivity contribution in [2.45, 2.75) is 4.90 Å². The molecule has 1 amide bonds. The topological polar surface area (TPSA) is 84.9 Å². The minimum atomic E-state index is -4.04. The lowest BCUT2D eigenvalue weighted by atomic mass is 10.2. The van der Waals surface area contributed by atoms with Crippen LogP contribution in [0.5, 0.6) is 17.2 Å². The Hall–Kier alpha value is -4.30. The van der Waals surface area contributed by atoms with Crippen LogP contribution in [0.4, 0.5) is 11.4 Å².